The minimum Gasteiger partial charge on any atom is -0.545 e. The van der Waals surface area contributed by atoms with Crippen molar-refractivity contribution < 1.29 is 24.5 Å². The van der Waals surface area contributed by atoms with Crippen molar-refractivity contribution in [2.24, 2.45) is 0 Å². The van der Waals surface area contributed by atoms with Gasteiger partial charge in [-0.15, -0.1) is 0 Å². The van der Waals surface area contributed by atoms with Crippen LogP contribution in [-0.4, -0.2) is 44.1 Å². The first-order valence-corrected chi connectivity index (χ1v) is 4.34. The van der Waals surface area contributed by atoms with Crippen LogP contribution in [0.1, 0.15) is 6.42 Å². The topological polar surface area (TPSA) is 115 Å². The van der Waals surface area contributed by atoms with E-state index in [2.05, 4.69) is 6.58 Å². The van der Waals surface area contributed by atoms with Gasteiger partial charge in [0, 0.05) is 13.2 Å². The monoisotopic (exact) mass is 221 g/mol. The predicted octanol–water partition coefficient (Wildman–Crippen LogP) is -0.916. The van der Waals surface area contributed by atoms with Crippen molar-refractivity contribution in [2.75, 3.05) is 33.0 Å². The third-order valence-electron chi connectivity index (χ3n) is 1.38. The molecule has 0 saturated carbocycles. The minimum atomic E-state index is -1.30. The summed E-state index contributed by atoms with van der Waals surface area (Å²) in [6, 6.07) is 0. The van der Waals surface area contributed by atoms with Gasteiger partial charge in [-0.1, -0.05) is 6.58 Å². The Labute approximate surface area is 89.1 Å². The first-order valence-electron chi connectivity index (χ1n) is 4.34. The van der Waals surface area contributed by atoms with E-state index in [4.69, 9.17) is 14.6 Å². The molecular formula is C9H19NO5. The van der Waals surface area contributed by atoms with E-state index in [0.717, 1.165) is 0 Å². The minimum absolute atomic E-state index is 0. The van der Waals surface area contributed by atoms with Gasteiger partial charge in [-0.3, -0.25) is 0 Å². The van der Waals surface area contributed by atoms with E-state index in [9.17, 15) is 9.90 Å². The molecule has 0 aromatic carbocycles. The highest BCUT2D eigenvalue weighted by molar-refractivity contribution is 5.84. The van der Waals surface area contributed by atoms with Gasteiger partial charge >= 0.3 is 0 Å². The molecular weight excluding hydrogens is 202 g/mol. The van der Waals surface area contributed by atoms with Gasteiger partial charge in [-0.2, -0.15) is 0 Å². The van der Waals surface area contributed by atoms with Crippen molar-refractivity contribution >= 4 is 5.97 Å². The number of ether oxygens (including phenoxy) is 2. The Morgan fingerprint density at radius 3 is 2.40 bits per heavy atom. The Morgan fingerprint density at radius 1 is 1.27 bits per heavy atom. The second kappa shape index (κ2) is 11.1. The number of quaternary nitrogens is 1. The molecule has 5 N–H and O–H groups in total. The molecule has 0 aliphatic carbocycles. The van der Waals surface area contributed by atoms with Crippen LogP contribution in [-0.2, 0) is 14.3 Å². The quantitative estimate of drug-likeness (QED) is 0.386. The highest BCUT2D eigenvalue weighted by Gasteiger charge is 1.95. The number of rotatable bonds is 9. The standard InChI is InChI=1S/C9H16O5.H3N/c1-8(9(11)12)7-14-6-5-13-4-2-3-10;/h10H,1-7H2,(H,11,12);1H3. The van der Waals surface area contributed by atoms with Gasteiger partial charge in [0.15, 0.2) is 0 Å². The fourth-order valence-corrected chi connectivity index (χ4v) is 0.641. The molecule has 0 bridgehead atoms. The van der Waals surface area contributed by atoms with Crippen molar-refractivity contribution in [1.82, 2.24) is 6.15 Å². The zero-order valence-electron chi connectivity index (χ0n) is 9.03. The van der Waals surface area contributed by atoms with Gasteiger partial charge in [0.05, 0.1) is 25.8 Å². The second-order valence-electron chi connectivity index (χ2n) is 2.63. The zero-order valence-corrected chi connectivity index (χ0v) is 9.03. The van der Waals surface area contributed by atoms with Crippen molar-refractivity contribution in [3.63, 3.8) is 0 Å². The maximum atomic E-state index is 10.2. The van der Waals surface area contributed by atoms with Crippen molar-refractivity contribution in [2.45, 2.75) is 6.42 Å². The molecule has 6 heteroatoms. The Kier molecular flexibility index (Phi) is 12.2. The maximum Gasteiger partial charge on any atom is 0.0729 e. The first kappa shape index (κ1) is 16.5. The lowest BCUT2D eigenvalue weighted by Gasteiger charge is -2.07. The van der Waals surface area contributed by atoms with E-state index in [1.165, 1.54) is 0 Å². The first-order chi connectivity index (χ1) is 6.68. The molecule has 0 heterocycles. The average molecular weight is 221 g/mol. The van der Waals surface area contributed by atoms with Gasteiger partial charge in [0.2, 0.25) is 0 Å². The van der Waals surface area contributed by atoms with Crippen molar-refractivity contribution in [1.29, 1.82) is 0 Å². The molecule has 90 valence electrons. The molecule has 0 amide bonds. The number of aliphatic hydroxyl groups is 1. The smallest absolute Gasteiger partial charge is 0.0729 e. The molecule has 0 fully saturated rings. The van der Waals surface area contributed by atoms with Crippen LogP contribution in [0.5, 0.6) is 0 Å². The molecule has 0 radical (unpaired) electrons. The van der Waals surface area contributed by atoms with Crippen molar-refractivity contribution in [3.8, 4) is 0 Å². The van der Waals surface area contributed by atoms with Gasteiger partial charge in [-0.05, 0) is 12.0 Å². The van der Waals surface area contributed by atoms with E-state index >= 15 is 0 Å². The molecule has 0 rings (SSSR count). The van der Waals surface area contributed by atoms with Crippen LogP contribution in [0.25, 0.3) is 0 Å². The highest BCUT2D eigenvalue weighted by Crippen LogP contribution is 1.89. The lowest BCUT2D eigenvalue weighted by Crippen LogP contribution is -2.26. The Morgan fingerprint density at radius 2 is 1.87 bits per heavy atom. The largest absolute Gasteiger partial charge is 0.545 e. The number of hydrogen-bond acceptors (Lipinski definition) is 5. The van der Waals surface area contributed by atoms with E-state index in [1.54, 1.807) is 0 Å². The van der Waals surface area contributed by atoms with Gasteiger partial charge in [0.25, 0.3) is 0 Å². The molecule has 15 heavy (non-hydrogen) atoms. The van der Waals surface area contributed by atoms with E-state index < -0.39 is 5.97 Å². The van der Waals surface area contributed by atoms with Crippen molar-refractivity contribution in [3.05, 3.63) is 12.2 Å². The fraction of sp³-hybridized carbons (Fsp3) is 0.667. The van der Waals surface area contributed by atoms with Gasteiger partial charge < -0.3 is 30.6 Å². The van der Waals surface area contributed by atoms with Crippen LogP contribution in [0.2, 0.25) is 0 Å². The summed E-state index contributed by atoms with van der Waals surface area (Å²) in [5, 5.41) is 18.6. The molecule has 0 spiro atoms. The molecule has 0 aliphatic heterocycles. The summed E-state index contributed by atoms with van der Waals surface area (Å²) in [5.74, 6) is -1.30. The summed E-state index contributed by atoms with van der Waals surface area (Å²) in [7, 11) is 0. The fourth-order valence-electron chi connectivity index (χ4n) is 0.641. The van der Waals surface area contributed by atoms with E-state index in [0.29, 0.717) is 26.2 Å². The van der Waals surface area contributed by atoms with Crippen LogP contribution >= 0.6 is 0 Å². The summed E-state index contributed by atoms with van der Waals surface area (Å²) < 4.78 is 9.97. The van der Waals surface area contributed by atoms with Crippen LogP contribution < -0.4 is 11.3 Å². The normalized spacial score (nSPS) is 9.40. The van der Waals surface area contributed by atoms with E-state index in [-0.39, 0.29) is 24.9 Å². The maximum absolute atomic E-state index is 10.2. The molecule has 0 aromatic heterocycles. The Hall–Kier alpha value is -0.950. The van der Waals surface area contributed by atoms with Gasteiger partial charge in [-0.25, -0.2) is 0 Å². The van der Waals surface area contributed by atoms with Crippen LogP contribution in [0.4, 0.5) is 0 Å². The summed E-state index contributed by atoms with van der Waals surface area (Å²) in [4.78, 5) is 10.2. The van der Waals surface area contributed by atoms with Crippen LogP contribution in [0.15, 0.2) is 12.2 Å². The molecule has 0 aliphatic rings. The molecule has 0 aromatic rings. The number of hydrogen-bond donors (Lipinski definition) is 2. The van der Waals surface area contributed by atoms with Crippen LogP contribution in [0.3, 0.4) is 0 Å². The predicted molar refractivity (Wildman–Crippen MR) is 53.5 cm³/mol. The number of carboxylic acids is 1. The average Bonchev–Trinajstić information content (AvgIpc) is 2.16. The summed E-state index contributed by atoms with van der Waals surface area (Å²) >= 11 is 0. The lowest BCUT2D eigenvalue weighted by molar-refractivity contribution is -0.299. The number of aliphatic hydroxyl groups excluding tert-OH is 1. The highest BCUT2D eigenvalue weighted by atomic mass is 16.5. The number of aliphatic carboxylic acids is 1. The lowest BCUT2D eigenvalue weighted by atomic mass is 10.3. The molecule has 6 nitrogen and oxygen atoms in total. The number of carbonyl (C=O) groups excluding carboxylic acids is 1. The third-order valence-corrected chi connectivity index (χ3v) is 1.38. The Bertz CT molecular complexity index is 183. The third kappa shape index (κ3) is 11.0. The molecule has 0 saturated heterocycles. The van der Waals surface area contributed by atoms with E-state index in [1.807, 2.05) is 0 Å². The number of carbonyl (C=O) groups is 1. The zero-order chi connectivity index (χ0) is 10.8. The van der Waals surface area contributed by atoms with Crippen LogP contribution in [0, 0.1) is 0 Å². The summed E-state index contributed by atoms with van der Waals surface area (Å²) in [6.07, 6.45) is 0.589. The number of carboxylic acid groups (broad SMARTS) is 1. The molecule has 0 atom stereocenters. The summed E-state index contributed by atoms with van der Waals surface area (Å²) in [5.41, 5.74) is -0.0830. The second-order valence-corrected chi connectivity index (χ2v) is 2.63. The SMILES string of the molecule is C=C(COCCOCCCO)C(=O)[O-].[NH4+]. The van der Waals surface area contributed by atoms with Gasteiger partial charge in [0.1, 0.15) is 0 Å². The Balaban J connectivity index is 0. The summed E-state index contributed by atoms with van der Waals surface area (Å²) in [6.45, 7) is 4.44. The molecule has 0 unspecified atom stereocenters.